The van der Waals surface area contributed by atoms with Crippen LogP contribution in [0.3, 0.4) is 0 Å². The number of alkyl carbamates (subject to hydrolysis) is 1. The van der Waals surface area contributed by atoms with Crippen LogP contribution in [0.4, 0.5) is 10.5 Å². The van der Waals surface area contributed by atoms with Gasteiger partial charge in [-0.15, -0.1) is 0 Å². The molecule has 1 rings (SSSR count). The molecule has 3 amide bonds. The molecule has 2 N–H and O–H groups in total. The number of likely N-dealkylation sites (N-methyl/N-ethyl adjacent to an activating group) is 1. The maximum absolute atomic E-state index is 12.2. The Labute approximate surface area is 155 Å². The monoisotopic (exact) mass is 363 g/mol. The predicted molar refractivity (Wildman–Crippen MR) is 101 cm³/mol. The van der Waals surface area contributed by atoms with Gasteiger partial charge in [-0.3, -0.25) is 19.8 Å². The second kappa shape index (κ2) is 11.3. The van der Waals surface area contributed by atoms with Crippen LogP contribution in [0.2, 0.25) is 0 Å². The summed E-state index contributed by atoms with van der Waals surface area (Å²) in [5, 5.41) is 4.94. The average Bonchev–Trinajstić information content (AvgIpc) is 2.61. The lowest BCUT2D eigenvalue weighted by molar-refractivity contribution is -0.122. The number of hydrogen-bond donors (Lipinski definition) is 2. The van der Waals surface area contributed by atoms with Gasteiger partial charge in [-0.25, -0.2) is 4.79 Å². The van der Waals surface area contributed by atoms with Crippen LogP contribution in [0, 0.1) is 0 Å². The Morgan fingerprint density at radius 1 is 1.04 bits per heavy atom. The summed E-state index contributed by atoms with van der Waals surface area (Å²) in [6.45, 7) is 8.47. The van der Waals surface area contributed by atoms with Gasteiger partial charge in [0.2, 0.25) is 11.8 Å². The SMILES string of the molecule is CCOC(=O)NC(=O)CN(CC)CC(=O)Nc1ccc([C@H](C)CC)cc1. The Balaban J connectivity index is 2.51. The molecule has 7 heteroatoms. The lowest BCUT2D eigenvalue weighted by Gasteiger charge is -2.19. The van der Waals surface area contributed by atoms with Gasteiger partial charge in [-0.05, 0) is 43.5 Å². The summed E-state index contributed by atoms with van der Waals surface area (Å²) < 4.78 is 4.65. The van der Waals surface area contributed by atoms with Gasteiger partial charge >= 0.3 is 6.09 Å². The summed E-state index contributed by atoms with van der Waals surface area (Å²) in [5.74, 6) is -0.240. The summed E-state index contributed by atoms with van der Waals surface area (Å²) in [4.78, 5) is 36.8. The molecule has 0 unspecified atom stereocenters. The molecule has 0 heterocycles. The van der Waals surface area contributed by atoms with Gasteiger partial charge in [0.15, 0.2) is 0 Å². The van der Waals surface area contributed by atoms with Crippen LogP contribution < -0.4 is 10.6 Å². The molecule has 1 atom stereocenters. The first-order valence-electron chi connectivity index (χ1n) is 8.98. The number of rotatable bonds is 9. The quantitative estimate of drug-likeness (QED) is 0.704. The smallest absolute Gasteiger partial charge is 0.413 e. The van der Waals surface area contributed by atoms with E-state index in [4.69, 9.17) is 0 Å². The first kappa shape index (κ1) is 21.6. The molecular formula is C19H29N3O4. The van der Waals surface area contributed by atoms with Crippen molar-refractivity contribution < 1.29 is 19.1 Å². The van der Waals surface area contributed by atoms with E-state index in [0.29, 0.717) is 18.2 Å². The molecule has 0 fully saturated rings. The highest BCUT2D eigenvalue weighted by atomic mass is 16.5. The minimum atomic E-state index is -0.778. The number of carbonyl (C=O) groups excluding carboxylic acids is 3. The molecule has 0 saturated carbocycles. The Morgan fingerprint density at radius 3 is 2.19 bits per heavy atom. The lowest BCUT2D eigenvalue weighted by Crippen LogP contribution is -2.43. The third kappa shape index (κ3) is 7.65. The number of nitrogens with zero attached hydrogens (tertiary/aromatic N) is 1. The zero-order valence-corrected chi connectivity index (χ0v) is 16.0. The van der Waals surface area contributed by atoms with Crippen molar-refractivity contribution >= 4 is 23.6 Å². The molecule has 0 spiro atoms. The summed E-state index contributed by atoms with van der Waals surface area (Å²) >= 11 is 0. The highest BCUT2D eigenvalue weighted by Crippen LogP contribution is 2.20. The van der Waals surface area contributed by atoms with Crippen molar-refractivity contribution in [3.8, 4) is 0 Å². The topological polar surface area (TPSA) is 87.7 Å². The van der Waals surface area contributed by atoms with E-state index in [9.17, 15) is 14.4 Å². The van der Waals surface area contributed by atoms with Crippen LogP contribution in [-0.4, -0.2) is 49.0 Å². The molecule has 0 aromatic heterocycles. The Hall–Kier alpha value is -2.41. The molecule has 144 valence electrons. The average molecular weight is 363 g/mol. The Kier molecular flexibility index (Phi) is 9.36. The largest absolute Gasteiger partial charge is 0.450 e. The maximum Gasteiger partial charge on any atom is 0.413 e. The van der Waals surface area contributed by atoms with E-state index >= 15 is 0 Å². The number of ether oxygens (including phenoxy) is 1. The second-order valence-electron chi connectivity index (χ2n) is 6.05. The van der Waals surface area contributed by atoms with Gasteiger partial charge in [-0.2, -0.15) is 0 Å². The molecule has 1 aromatic carbocycles. The lowest BCUT2D eigenvalue weighted by atomic mass is 9.99. The summed E-state index contributed by atoms with van der Waals surface area (Å²) in [6.07, 6.45) is 0.282. The molecule has 7 nitrogen and oxygen atoms in total. The maximum atomic E-state index is 12.2. The third-order valence-electron chi connectivity index (χ3n) is 4.07. The highest BCUT2D eigenvalue weighted by molar-refractivity contribution is 5.94. The molecule has 0 bridgehead atoms. The van der Waals surface area contributed by atoms with Gasteiger partial charge in [0.25, 0.3) is 0 Å². The Morgan fingerprint density at radius 2 is 1.65 bits per heavy atom. The number of nitrogens with one attached hydrogen (secondary N) is 2. The molecule has 0 aliphatic rings. The van der Waals surface area contributed by atoms with Gasteiger partial charge in [0.1, 0.15) is 0 Å². The standard InChI is InChI=1S/C19H29N3O4/c1-5-14(4)15-8-10-16(11-9-15)20-17(23)12-22(6-2)13-18(24)21-19(25)26-7-3/h8-11,14H,5-7,12-13H2,1-4H3,(H,20,23)(H,21,24,25)/t14-/m1/s1. The van der Waals surface area contributed by atoms with Gasteiger partial charge in [-0.1, -0.05) is 32.9 Å². The number of amides is 3. The fourth-order valence-electron chi connectivity index (χ4n) is 2.34. The van der Waals surface area contributed by atoms with E-state index < -0.39 is 12.0 Å². The van der Waals surface area contributed by atoms with Crippen LogP contribution in [-0.2, 0) is 14.3 Å². The first-order chi connectivity index (χ1) is 12.4. The van der Waals surface area contributed by atoms with Crippen LogP contribution in [0.5, 0.6) is 0 Å². The van der Waals surface area contributed by atoms with Crippen molar-refractivity contribution in [2.75, 3.05) is 31.6 Å². The van der Waals surface area contributed by atoms with E-state index in [2.05, 4.69) is 29.2 Å². The Bertz CT molecular complexity index is 601. The van der Waals surface area contributed by atoms with E-state index in [0.717, 1.165) is 6.42 Å². The number of carbonyl (C=O) groups is 3. The number of hydrogen-bond acceptors (Lipinski definition) is 5. The summed E-state index contributed by atoms with van der Waals surface area (Å²) in [5.41, 5.74) is 1.95. The summed E-state index contributed by atoms with van der Waals surface area (Å²) in [7, 11) is 0. The van der Waals surface area contributed by atoms with Crippen molar-refractivity contribution in [1.29, 1.82) is 0 Å². The molecule has 0 aliphatic carbocycles. The van der Waals surface area contributed by atoms with Crippen molar-refractivity contribution in [2.24, 2.45) is 0 Å². The molecule has 0 saturated heterocycles. The third-order valence-corrected chi connectivity index (χ3v) is 4.07. The van der Waals surface area contributed by atoms with Gasteiger partial charge < -0.3 is 10.1 Å². The number of anilines is 1. The van der Waals surface area contributed by atoms with E-state index in [1.165, 1.54) is 5.56 Å². The van der Waals surface area contributed by atoms with E-state index in [1.807, 2.05) is 31.2 Å². The fourth-order valence-corrected chi connectivity index (χ4v) is 2.34. The second-order valence-corrected chi connectivity index (χ2v) is 6.05. The van der Waals surface area contributed by atoms with E-state index in [1.54, 1.807) is 11.8 Å². The molecule has 0 radical (unpaired) electrons. The molecule has 1 aromatic rings. The van der Waals surface area contributed by atoms with Gasteiger partial charge in [0.05, 0.1) is 19.7 Å². The first-order valence-corrected chi connectivity index (χ1v) is 8.98. The highest BCUT2D eigenvalue weighted by Gasteiger charge is 2.15. The fraction of sp³-hybridized carbons (Fsp3) is 0.526. The minimum Gasteiger partial charge on any atom is -0.450 e. The van der Waals surface area contributed by atoms with Crippen LogP contribution in [0.15, 0.2) is 24.3 Å². The minimum absolute atomic E-state index is 0.0554. The summed E-state index contributed by atoms with van der Waals surface area (Å²) in [6, 6.07) is 7.77. The van der Waals surface area contributed by atoms with Crippen molar-refractivity contribution in [3.63, 3.8) is 0 Å². The normalized spacial score (nSPS) is 11.7. The van der Waals surface area contributed by atoms with E-state index in [-0.39, 0.29) is 25.6 Å². The van der Waals surface area contributed by atoms with Crippen LogP contribution >= 0.6 is 0 Å². The molecule has 0 aliphatic heterocycles. The number of imide groups is 1. The molecular weight excluding hydrogens is 334 g/mol. The van der Waals surface area contributed by atoms with Crippen LogP contribution in [0.25, 0.3) is 0 Å². The zero-order chi connectivity index (χ0) is 19.5. The predicted octanol–water partition coefficient (Wildman–Crippen LogP) is 2.73. The van der Waals surface area contributed by atoms with Crippen LogP contribution in [0.1, 0.15) is 45.6 Å². The zero-order valence-electron chi connectivity index (χ0n) is 16.0. The van der Waals surface area contributed by atoms with Crippen molar-refractivity contribution in [3.05, 3.63) is 29.8 Å². The van der Waals surface area contributed by atoms with Gasteiger partial charge in [0, 0.05) is 5.69 Å². The molecule has 26 heavy (non-hydrogen) atoms. The van der Waals surface area contributed by atoms with Crippen molar-refractivity contribution in [1.82, 2.24) is 10.2 Å². The number of benzene rings is 1. The van der Waals surface area contributed by atoms with Crippen molar-refractivity contribution in [2.45, 2.75) is 40.0 Å².